The van der Waals surface area contributed by atoms with Gasteiger partial charge in [-0.3, -0.25) is 14.1 Å². The molecular weight excluding hydrogens is 599 g/mol. The molecule has 1 fully saturated rings. The average molecular weight is 642 g/mol. The third-order valence-corrected chi connectivity index (χ3v) is 8.33. The normalized spacial score (nSPS) is 23.4. The molecule has 0 radical (unpaired) electrons. The Hall–Kier alpha value is -3.33. The Morgan fingerprint density at radius 1 is 1.16 bits per heavy atom. The number of H-pyrrole nitrogens is 1. The lowest BCUT2D eigenvalue weighted by atomic mass is 9.96. The number of unbranched alkanes of at least 4 members (excludes halogenated alkanes) is 2. The Morgan fingerprint density at radius 2 is 1.82 bits per heavy atom. The Labute approximate surface area is 255 Å². The Kier molecular flexibility index (Phi) is 12.9. The summed E-state index contributed by atoms with van der Waals surface area (Å²) in [6.45, 7) is 4.69. The molecule has 1 aromatic heterocycles. The number of ether oxygens (including phenoxy) is 3. The number of aliphatic hydroxyl groups excluding tert-OH is 1. The van der Waals surface area contributed by atoms with Crippen LogP contribution in [-0.2, 0) is 32.9 Å². The van der Waals surface area contributed by atoms with Crippen LogP contribution in [0.25, 0.3) is 0 Å². The highest BCUT2D eigenvalue weighted by molar-refractivity contribution is 7.52. The zero-order valence-corrected chi connectivity index (χ0v) is 25.9. The summed E-state index contributed by atoms with van der Waals surface area (Å²) < 4.78 is 42.7. The average Bonchev–Trinajstić information content (AvgIpc) is 3.20. The molecule has 0 aliphatic carbocycles. The van der Waals surface area contributed by atoms with Crippen LogP contribution in [0.4, 0.5) is 5.82 Å². The molecule has 15 nitrogen and oxygen atoms in total. The van der Waals surface area contributed by atoms with Gasteiger partial charge in [-0.15, -0.1) is 0 Å². The minimum absolute atomic E-state index is 0.0730. The molecule has 1 saturated heterocycles. The van der Waals surface area contributed by atoms with Crippen LogP contribution in [0.15, 0.2) is 47.4 Å². The Balaban J connectivity index is 1.84. The van der Waals surface area contributed by atoms with Crippen molar-refractivity contribution in [2.45, 2.75) is 83.0 Å². The number of hydrogen-bond acceptors (Lipinski definition) is 12. The van der Waals surface area contributed by atoms with Gasteiger partial charge in [0.25, 0.3) is 0 Å². The predicted octanol–water partition coefficient (Wildman–Crippen LogP) is 1.49. The van der Waals surface area contributed by atoms with E-state index in [9.17, 15) is 29.2 Å². The number of aromatic nitrogens is 2. The van der Waals surface area contributed by atoms with Crippen molar-refractivity contribution in [3.63, 3.8) is 0 Å². The van der Waals surface area contributed by atoms with E-state index in [2.05, 4.69) is 10.1 Å². The minimum atomic E-state index is -4.53. The number of nitrogens with zero attached hydrogens (tertiary/aromatic N) is 1. The van der Waals surface area contributed by atoms with E-state index in [0.29, 0.717) is 12.8 Å². The lowest BCUT2D eigenvalue weighted by molar-refractivity contribution is -0.786. The first kappa shape index (κ1) is 35.2. The highest BCUT2D eigenvalue weighted by atomic mass is 31.2. The number of rotatable bonds is 17. The van der Waals surface area contributed by atoms with Crippen LogP contribution in [0.5, 0.6) is 5.75 Å². The first-order valence-electron chi connectivity index (χ1n) is 14.4. The predicted molar refractivity (Wildman–Crippen MR) is 156 cm³/mol. The van der Waals surface area contributed by atoms with Crippen molar-refractivity contribution < 1.29 is 52.2 Å². The number of aliphatic hydroxyl groups is 2. The zero-order chi connectivity index (χ0) is 32.3. The molecule has 6 atom stereocenters. The molecule has 44 heavy (non-hydrogen) atoms. The van der Waals surface area contributed by atoms with Gasteiger partial charge in [-0.05, 0) is 31.9 Å². The summed E-state index contributed by atoms with van der Waals surface area (Å²) in [4.78, 5) is 40.4. The summed E-state index contributed by atoms with van der Waals surface area (Å²) in [6.07, 6.45) is -0.836. The quantitative estimate of drug-likeness (QED) is 0.0718. The Bertz CT molecular complexity index is 1340. The van der Waals surface area contributed by atoms with E-state index in [1.807, 2.05) is 13.8 Å². The molecule has 2 aromatic rings. The number of carbonyl (C=O) groups is 2. The SMILES string of the molecule is CCCCOC(=O)C[C@H](N[P@@](=O)(OC[C@H]1O[C@@H]([n+]2ccc(N)[nH]c2=O)[C@](C)(O)[C@@H]1O)Oc1ccccc1)C(=O)OCCCC. The van der Waals surface area contributed by atoms with E-state index in [0.717, 1.165) is 17.4 Å². The van der Waals surface area contributed by atoms with Crippen molar-refractivity contribution in [1.82, 2.24) is 10.1 Å². The van der Waals surface area contributed by atoms with E-state index < -0.39 is 68.5 Å². The molecule has 0 bridgehead atoms. The number of carbonyl (C=O) groups excluding carboxylic acids is 2. The second-order valence-corrected chi connectivity index (χ2v) is 12.2. The molecular formula is C28H42N4O11P+. The number of nitrogen functional groups attached to an aromatic ring is 1. The molecule has 1 aromatic carbocycles. The maximum absolute atomic E-state index is 14.1. The first-order valence-corrected chi connectivity index (χ1v) is 16.0. The monoisotopic (exact) mass is 641 g/mol. The van der Waals surface area contributed by atoms with Crippen LogP contribution in [0.2, 0.25) is 0 Å². The highest BCUT2D eigenvalue weighted by Crippen LogP contribution is 2.46. The Morgan fingerprint density at radius 3 is 2.45 bits per heavy atom. The van der Waals surface area contributed by atoms with Gasteiger partial charge < -0.3 is 34.7 Å². The molecule has 0 spiro atoms. The number of aromatic amines is 1. The number of nitrogens with one attached hydrogen (secondary N) is 2. The molecule has 1 aliphatic heterocycles. The maximum atomic E-state index is 14.1. The van der Waals surface area contributed by atoms with Crippen molar-refractivity contribution in [2.24, 2.45) is 0 Å². The summed E-state index contributed by atoms with van der Waals surface area (Å²) in [5.74, 6) is -1.42. The van der Waals surface area contributed by atoms with E-state index in [-0.39, 0.29) is 24.8 Å². The van der Waals surface area contributed by atoms with Crippen molar-refractivity contribution in [2.75, 3.05) is 25.6 Å². The lowest BCUT2D eigenvalue weighted by Gasteiger charge is -2.26. The van der Waals surface area contributed by atoms with Crippen molar-refractivity contribution in [1.29, 1.82) is 0 Å². The molecule has 16 heteroatoms. The van der Waals surface area contributed by atoms with E-state index >= 15 is 0 Å². The smallest absolute Gasteiger partial charge is 0.466 e. The van der Waals surface area contributed by atoms with Gasteiger partial charge in [0, 0.05) is 6.07 Å². The van der Waals surface area contributed by atoms with Gasteiger partial charge in [-0.25, -0.2) is 4.57 Å². The number of para-hydroxylation sites is 1. The lowest BCUT2D eigenvalue weighted by Crippen LogP contribution is -2.61. The summed E-state index contributed by atoms with van der Waals surface area (Å²) in [7, 11) is -4.53. The third kappa shape index (κ3) is 9.58. The fourth-order valence-corrected chi connectivity index (χ4v) is 5.75. The largest absolute Gasteiger partial charge is 0.499 e. The summed E-state index contributed by atoms with van der Waals surface area (Å²) in [5.41, 5.74) is 2.91. The molecule has 0 unspecified atom stereocenters. The first-order chi connectivity index (χ1) is 20.9. The van der Waals surface area contributed by atoms with Crippen molar-refractivity contribution in [3.05, 3.63) is 53.1 Å². The van der Waals surface area contributed by atoms with Crippen LogP contribution in [0.3, 0.4) is 0 Å². The topological polar surface area (TPSA) is 213 Å². The molecule has 0 saturated carbocycles. The van der Waals surface area contributed by atoms with Crippen molar-refractivity contribution >= 4 is 25.5 Å². The van der Waals surface area contributed by atoms with Gasteiger partial charge in [-0.1, -0.05) is 44.9 Å². The molecule has 3 rings (SSSR count). The van der Waals surface area contributed by atoms with Crippen molar-refractivity contribution in [3.8, 4) is 5.75 Å². The second-order valence-electron chi connectivity index (χ2n) is 10.5. The van der Waals surface area contributed by atoms with Gasteiger partial charge >= 0.3 is 25.4 Å². The zero-order valence-electron chi connectivity index (χ0n) is 25.0. The van der Waals surface area contributed by atoms with Crippen LogP contribution in [-0.4, -0.2) is 70.8 Å². The maximum Gasteiger partial charge on any atom is 0.499 e. The second kappa shape index (κ2) is 16.1. The van der Waals surface area contributed by atoms with Crippen LogP contribution in [0.1, 0.15) is 59.1 Å². The van der Waals surface area contributed by atoms with Crippen LogP contribution < -0.4 is 25.6 Å². The van der Waals surface area contributed by atoms with Crippen LogP contribution in [0, 0.1) is 0 Å². The van der Waals surface area contributed by atoms with Crippen LogP contribution >= 0.6 is 7.75 Å². The van der Waals surface area contributed by atoms with Gasteiger partial charge in [0.1, 0.15) is 30.2 Å². The summed E-state index contributed by atoms with van der Waals surface area (Å²) in [6, 6.07) is 7.82. The van der Waals surface area contributed by atoms with E-state index in [1.54, 1.807) is 18.2 Å². The standard InChI is InChI=1S/C28H41N4O11P/c1-4-6-15-39-23(33)17-20(25(35)40-16-7-5-2)31-44(38,43-19-11-9-8-10-12-19)41-18-21-24(34)28(3,37)26(42-21)32-14-13-22(29)30-27(32)36/h8-14,20-21,24,26,34,37H,4-7,15-18H2,1-3H3,(H3,29,30,31,36,38)/p+1/t20-,21+,24+,26+,28+,44+/m0/s1. The fourth-order valence-electron chi connectivity index (χ4n) is 4.25. The number of nitrogens with two attached hydrogens (primary N) is 1. The molecule has 0 amide bonds. The fraction of sp³-hybridized carbons (Fsp3) is 0.571. The van der Waals surface area contributed by atoms with E-state index in [1.165, 1.54) is 31.3 Å². The minimum Gasteiger partial charge on any atom is -0.466 e. The summed E-state index contributed by atoms with van der Waals surface area (Å²) >= 11 is 0. The van der Waals surface area contributed by atoms with E-state index in [4.69, 9.17) is 29.0 Å². The van der Waals surface area contributed by atoms with Gasteiger partial charge in [0.2, 0.25) is 6.23 Å². The van der Waals surface area contributed by atoms with Gasteiger partial charge in [0.05, 0.1) is 26.2 Å². The third-order valence-electron chi connectivity index (χ3n) is 6.76. The number of benzene rings is 1. The number of esters is 2. The van der Waals surface area contributed by atoms with Gasteiger partial charge in [0.15, 0.2) is 11.4 Å². The summed E-state index contributed by atoms with van der Waals surface area (Å²) in [5, 5.41) is 24.5. The molecule has 2 heterocycles. The number of anilines is 1. The van der Waals surface area contributed by atoms with Gasteiger partial charge in [-0.2, -0.15) is 19.4 Å². The number of hydrogen-bond donors (Lipinski definition) is 5. The molecule has 244 valence electrons. The molecule has 1 aliphatic rings. The highest BCUT2D eigenvalue weighted by Gasteiger charge is 2.56. The molecule has 6 N–H and O–H groups in total.